The number of carbonyl (C=O) groups is 2. The lowest BCUT2D eigenvalue weighted by Crippen LogP contribution is -2.20. The van der Waals surface area contributed by atoms with Crippen molar-refractivity contribution >= 4 is 46.2 Å². The van der Waals surface area contributed by atoms with Gasteiger partial charge in [0, 0.05) is 16.7 Å². The maximum Gasteiger partial charge on any atom is 0.331 e. The van der Waals surface area contributed by atoms with E-state index >= 15 is 0 Å². The Balaban J connectivity index is 1.50. The van der Waals surface area contributed by atoms with Crippen molar-refractivity contribution in [3.05, 3.63) is 78.4 Å². The van der Waals surface area contributed by atoms with E-state index in [2.05, 4.69) is 5.32 Å². The number of anilines is 1. The average Bonchev–Trinajstić information content (AvgIpc) is 2.71. The summed E-state index contributed by atoms with van der Waals surface area (Å²) in [6.07, 6.45) is 4.98. The van der Waals surface area contributed by atoms with Crippen LogP contribution in [0.4, 0.5) is 5.69 Å². The Kier molecular flexibility index (Phi) is 6.28. The summed E-state index contributed by atoms with van der Waals surface area (Å²) in [5.74, 6) is -0.936. The standard InChI is InChI=1S/C22H19NO3S/c1-27-20-11-6-16(7-12-20)8-13-22(25)26-15-21(24)23-19-10-9-17-4-2-3-5-18(17)14-19/h2-14H,15H2,1H3,(H,23,24). The number of thioether (sulfide) groups is 1. The number of fused-ring (bicyclic) bond motifs is 1. The SMILES string of the molecule is CSc1ccc(C=CC(=O)OCC(=O)Nc2ccc3ccccc3c2)cc1. The van der Waals surface area contributed by atoms with Gasteiger partial charge in [-0.1, -0.05) is 42.5 Å². The fraction of sp³-hybridized carbons (Fsp3) is 0.0909. The third-order valence-corrected chi connectivity index (χ3v) is 4.65. The van der Waals surface area contributed by atoms with Crippen molar-refractivity contribution < 1.29 is 14.3 Å². The van der Waals surface area contributed by atoms with Gasteiger partial charge in [-0.05, 0) is 52.9 Å². The zero-order valence-electron chi connectivity index (χ0n) is 14.8. The van der Waals surface area contributed by atoms with Crippen LogP contribution in [0.1, 0.15) is 5.56 Å². The van der Waals surface area contributed by atoms with Crippen LogP contribution in [0.5, 0.6) is 0 Å². The molecule has 0 atom stereocenters. The number of nitrogens with one attached hydrogen (secondary N) is 1. The first kappa shape index (κ1) is 18.7. The molecule has 4 nitrogen and oxygen atoms in total. The molecule has 27 heavy (non-hydrogen) atoms. The summed E-state index contributed by atoms with van der Waals surface area (Å²) >= 11 is 1.65. The molecule has 1 amide bonds. The van der Waals surface area contributed by atoms with Gasteiger partial charge < -0.3 is 10.1 Å². The van der Waals surface area contributed by atoms with E-state index in [0.29, 0.717) is 5.69 Å². The maximum atomic E-state index is 12.0. The van der Waals surface area contributed by atoms with E-state index in [1.54, 1.807) is 17.8 Å². The first-order valence-electron chi connectivity index (χ1n) is 8.41. The first-order valence-corrected chi connectivity index (χ1v) is 9.64. The molecule has 136 valence electrons. The maximum absolute atomic E-state index is 12.0. The summed E-state index contributed by atoms with van der Waals surface area (Å²) < 4.78 is 4.99. The van der Waals surface area contributed by atoms with Gasteiger partial charge >= 0.3 is 5.97 Å². The number of esters is 1. The van der Waals surface area contributed by atoms with Crippen molar-refractivity contribution in [1.29, 1.82) is 0 Å². The van der Waals surface area contributed by atoms with Crippen LogP contribution < -0.4 is 5.32 Å². The summed E-state index contributed by atoms with van der Waals surface area (Å²) in [5.41, 5.74) is 1.56. The van der Waals surface area contributed by atoms with Gasteiger partial charge in [0.1, 0.15) is 0 Å². The summed E-state index contributed by atoms with van der Waals surface area (Å²) in [7, 11) is 0. The number of rotatable bonds is 6. The molecule has 3 rings (SSSR count). The molecule has 3 aromatic carbocycles. The van der Waals surface area contributed by atoms with E-state index in [9.17, 15) is 9.59 Å². The van der Waals surface area contributed by atoms with Crippen LogP contribution in [0.25, 0.3) is 16.8 Å². The Hall–Kier alpha value is -3.05. The molecule has 0 fully saturated rings. The van der Waals surface area contributed by atoms with Crippen LogP contribution >= 0.6 is 11.8 Å². The topological polar surface area (TPSA) is 55.4 Å². The lowest BCUT2D eigenvalue weighted by atomic mass is 10.1. The van der Waals surface area contributed by atoms with Gasteiger partial charge in [0.2, 0.25) is 0 Å². The number of ether oxygens (including phenoxy) is 1. The molecule has 0 heterocycles. The van der Waals surface area contributed by atoms with Gasteiger partial charge in [-0.25, -0.2) is 4.79 Å². The highest BCUT2D eigenvalue weighted by Crippen LogP contribution is 2.19. The Morgan fingerprint density at radius 2 is 1.74 bits per heavy atom. The third kappa shape index (κ3) is 5.46. The fourth-order valence-corrected chi connectivity index (χ4v) is 2.94. The van der Waals surface area contributed by atoms with E-state index in [1.807, 2.05) is 73.0 Å². The summed E-state index contributed by atoms with van der Waals surface area (Å²) in [5, 5.41) is 4.86. The second-order valence-electron chi connectivity index (χ2n) is 5.82. The molecule has 0 aliphatic rings. The Morgan fingerprint density at radius 1 is 1.00 bits per heavy atom. The number of amides is 1. The van der Waals surface area contributed by atoms with Gasteiger partial charge in [0.15, 0.2) is 6.61 Å². The Labute approximate surface area is 162 Å². The van der Waals surface area contributed by atoms with E-state index in [1.165, 1.54) is 6.08 Å². The van der Waals surface area contributed by atoms with E-state index in [0.717, 1.165) is 21.2 Å². The molecular weight excluding hydrogens is 358 g/mol. The predicted octanol–water partition coefficient (Wildman–Crippen LogP) is 4.76. The summed E-state index contributed by atoms with van der Waals surface area (Å²) in [6, 6.07) is 21.3. The van der Waals surface area contributed by atoms with E-state index < -0.39 is 5.97 Å². The first-order chi connectivity index (χ1) is 13.1. The Bertz CT molecular complexity index is 980. The molecule has 0 saturated carbocycles. The number of hydrogen-bond acceptors (Lipinski definition) is 4. The number of carbonyl (C=O) groups excluding carboxylic acids is 2. The second kappa shape index (κ2) is 9.05. The number of hydrogen-bond donors (Lipinski definition) is 1. The molecule has 1 N–H and O–H groups in total. The normalized spacial score (nSPS) is 10.9. The largest absolute Gasteiger partial charge is 0.452 e. The molecular formula is C22H19NO3S. The highest BCUT2D eigenvalue weighted by Gasteiger charge is 2.06. The Morgan fingerprint density at radius 3 is 2.48 bits per heavy atom. The minimum atomic E-state index is -0.558. The highest BCUT2D eigenvalue weighted by molar-refractivity contribution is 7.98. The predicted molar refractivity (Wildman–Crippen MR) is 111 cm³/mol. The third-order valence-electron chi connectivity index (χ3n) is 3.91. The zero-order valence-corrected chi connectivity index (χ0v) is 15.7. The molecule has 5 heteroatoms. The van der Waals surface area contributed by atoms with Gasteiger partial charge in [-0.2, -0.15) is 0 Å². The van der Waals surface area contributed by atoms with Crippen molar-refractivity contribution in [3.63, 3.8) is 0 Å². The molecule has 0 radical (unpaired) electrons. The quantitative estimate of drug-likeness (QED) is 0.382. The molecule has 0 bridgehead atoms. The van der Waals surface area contributed by atoms with Crippen LogP contribution in [-0.2, 0) is 14.3 Å². The molecule has 0 unspecified atom stereocenters. The number of benzene rings is 3. The molecule has 3 aromatic rings. The average molecular weight is 377 g/mol. The van der Waals surface area contributed by atoms with Crippen LogP contribution in [0, 0.1) is 0 Å². The lowest BCUT2D eigenvalue weighted by molar-refractivity contribution is -0.142. The van der Waals surface area contributed by atoms with E-state index in [-0.39, 0.29) is 12.5 Å². The smallest absolute Gasteiger partial charge is 0.331 e. The van der Waals surface area contributed by atoms with Gasteiger partial charge in [0.05, 0.1) is 0 Å². The molecule has 0 aliphatic carbocycles. The minimum Gasteiger partial charge on any atom is -0.452 e. The van der Waals surface area contributed by atoms with Crippen molar-refractivity contribution in [2.75, 3.05) is 18.2 Å². The monoisotopic (exact) mass is 377 g/mol. The second-order valence-corrected chi connectivity index (χ2v) is 6.70. The van der Waals surface area contributed by atoms with Gasteiger partial charge in [0.25, 0.3) is 5.91 Å². The molecule has 0 aromatic heterocycles. The van der Waals surface area contributed by atoms with Crippen molar-refractivity contribution in [3.8, 4) is 0 Å². The highest BCUT2D eigenvalue weighted by atomic mass is 32.2. The summed E-state index contributed by atoms with van der Waals surface area (Å²) in [6.45, 7) is -0.332. The van der Waals surface area contributed by atoms with Gasteiger partial charge in [-0.3, -0.25) is 4.79 Å². The van der Waals surface area contributed by atoms with Crippen molar-refractivity contribution in [2.45, 2.75) is 4.90 Å². The van der Waals surface area contributed by atoms with Crippen LogP contribution in [0.3, 0.4) is 0 Å². The van der Waals surface area contributed by atoms with Gasteiger partial charge in [-0.15, -0.1) is 11.8 Å². The van der Waals surface area contributed by atoms with Crippen LogP contribution in [-0.4, -0.2) is 24.7 Å². The zero-order chi connectivity index (χ0) is 19.1. The van der Waals surface area contributed by atoms with Crippen LogP contribution in [0.2, 0.25) is 0 Å². The van der Waals surface area contributed by atoms with Crippen LogP contribution in [0.15, 0.2) is 77.7 Å². The lowest BCUT2D eigenvalue weighted by Gasteiger charge is -2.06. The van der Waals surface area contributed by atoms with Crippen molar-refractivity contribution in [1.82, 2.24) is 0 Å². The fourth-order valence-electron chi connectivity index (χ4n) is 2.53. The molecule has 0 aliphatic heterocycles. The molecule has 0 saturated heterocycles. The molecule has 0 spiro atoms. The minimum absolute atomic E-state index is 0.332. The van der Waals surface area contributed by atoms with E-state index in [4.69, 9.17) is 4.74 Å². The van der Waals surface area contributed by atoms with Crippen molar-refractivity contribution in [2.24, 2.45) is 0 Å². The summed E-state index contributed by atoms with van der Waals surface area (Å²) in [4.78, 5) is 24.9.